The van der Waals surface area contributed by atoms with Crippen molar-refractivity contribution in [1.82, 2.24) is 0 Å². The summed E-state index contributed by atoms with van der Waals surface area (Å²) in [7, 11) is -2.76. The van der Waals surface area contributed by atoms with Crippen LogP contribution in [0.2, 0.25) is 13.1 Å². The highest BCUT2D eigenvalue weighted by Gasteiger charge is 2.17. The van der Waals surface area contributed by atoms with Crippen LogP contribution in [-0.4, -0.2) is 16.9 Å². The van der Waals surface area contributed by atoms with E-state index in [-0.39, 0.29) is 0 Å². The molecule has 0 aromatic rings. The highest BCUT2D eigenvalue weighted by Crippen LogP contribution is 2.01. The monoisotopic (exact) mass is 187 g/mol. The molecule has 2 heteroatoms. The maximum atomic E-state index is 5.32. The van der Waals surface area contributed by atoms with Crippen molar-refractivity contribution in [2.45, 2.75) is 13.1 Å². The van der Waals surface area contributed by atoms with Crippen LogP contribution < -0.4 is 0 Å². The summed E-state index contributed by atoms with van der Waals surface area (Å²) in [6, 6.07) is 0. The molecule has 0 saturated carbocycles. The minimum absolute atomic E-state index is 0.791. The molecule has 12 heavy (non-hydrogen) atoms. The predicted octanol–water partition coefficient (Wildman–Crippen LogP) is 1.34. The first-order valence-corrected chi connectivity index (χ1v) is 8.18. The summed E-state index contributed by atoms with van der Waals surface area (Å²) < 4.78 is 0. The van der Waals surface area contributed by atoms with Crippen molar-refractivity contribution in [3.05, 3.63) is 11.4 Å². The fraction of sp³-hybridized carbons (Fsp3) is 0.200. The molecule has 0 fully saturated rings. The van der Waals surface area contributed by atoms with Crippen molar-refractivity contribution in [1.29, 1.82) is 0 Å². The second kappa shape index (κ2) is 4.68. The SMILES string of the molecule is C#C[Si](C)/C=C/[Si](C)(C#C)C#C. The van der Waals surface area contributed by atoms with E-state index in [0.717, 1.165) is 0 Å². The summed E-state index contributed by atoms with van der Waals surface area (Å²) in [5.74, 6) is 0. The molecule has 0 amide bonds. The molecule has 1 radical (unpaired) electrons. The molecule has 59 valence electrons. The van der Waals surface area contributed by atoms with Gasteiger partial charge in [0.1, 0.15) is 0 Å². The lowest BCUT2D eigenvalue weighted by atomic mass is 11.2. The number of hydrogen-bond acceptors (Lipinski definition) is 0. The van der Waals surface area contributed by atoms with Crippen LogP contribution in [0.1, 0.15) is 0 Å². The van der Waals surface area contributed by atoms with Crippen molar-refractivity contribution >= 4 is 16.9 Å². The lowest BCUT2D eigenvalue weighted by molar-refractivity contribution is 2.02. The van der Waals surface area contributed by atoms with Gasteiger partial charge in [0.2, 0.25) is 8.07 Å². The van der Waals surface area contributed by atoms with Crippen molar-refractivity contribution < 1.29 is 0 Å². The highest BCUT2D eigenvalue weighted by atomic mass is 28.3. The van der Waals surface area contributed by atoms with Crippen molar-refractivity contribution in [2.75, 3.05) is 0 Å². The molecular weight excluding hydrogens is 176 g/mol. The molecule has 0 heterocycles. The standard InChI is InChI=1S/C10H11Si2/c1-6-11(4)9-10-12(5,7-2)8-3/h1-3,9-10H,4-5H3/b10-9+. The molecule has 0 atom stereocenters. The molecule has 0 bridgehead atoms. The fourth-order valence-electron chi connectivity index (χ4n) is 0.478. The van der Waals surface area contributed by atoms with E-state index in [1.807, 2.05) is 24.5 Å². The van der Waals surface area contributed by atoms with Crippen molar-refractivity contribution in [3.8, 4) is 35.9 Å². The van der Waals surface area contributed by atoms with E-state index in [0.29, 0.717) is 0 Å². The highest BCUT2D eigenvalue weighted by molar-refractivity contribution is 6.97. The normalized spacial score (nSPS) is 10.7. The summed E-state index contributed by atoms with van der Waals surface area (Å²) in [4.78, 5) is 0. The quantitative estimate of drug-likeness (QED) is 0.452. The minimum atomic E-state index is -1.97. The van der Waals surface area contributed by atoms with Gasteiger partial charge in [-0.3, -0.25) is 0 Å². The number of rotatable bonds is 2. The zero-order valence-electron chi connectivity index (χ0n) is 7.39. The van der Waals surface area contributed by atoms with Gasteiger partial charge in [0, 0.05) is 0 Å². The van der Waals surface area contributed by atoms with E-state index < -0.39 is 16.9 Å². The van der Waals surface area contributed by atoms with Crippen LogP contribution in [0.15, 0.2) is 11.4 Å². The summed E-state index contributed by atoms with van der Waals surface area (Å²) >= 11 is 0. The molecule has 0 nitrogen and oxygen atoms in total. The molecule has 0 rings (SSSR count). The summed E-state index contributed by atoms with van der Waals surface area (Å²) in [5, 5.41) is 0. The Morgan fingerprint density at radius 3 is 2.08 bits per heavy atom. The molecule has 0 unspecified atom stereocenters. The van der Waals surface area contributed by atoms with Gasteiger partial charge >= 0.3 is 0 Å². The Hall–Kier alpha value is -1.15. The fourth-order valence-corrected chi connectivity index (χ4v) is 3.18. The van der Waals surface area contributed by atoms with Crippen LogP contribution >= 0.6 is 0 Å². The van der Waals surface area contributed by atoms with Crippen LogP contribution in [0.4, 0.5) is 0 Å². The topological polar surface area (TPSA) is 0 Å². The van der Waals surface area contributed by atoms with Crippen molar-refractivity contribution in [3.63, 3.8) is 0 Å². The second-order valence-electron chi connectivity index (χ2n) is 2.65. The van der Waals surface area contributed by atoms with Gasteiger partial charge in [-0.05, 0) is 6.55 Å². The average molecular weight is 187 g/mol. The third-order valence-corrected chi connectivity index (χ3v) is 4.98. The first kappa shape index (κ1) is 10.9. The van der Waals surface area contributed by atoms with E-state index in [4.69, 9.17) is 19.3 Å². The molecule has 0 aliphatic rings. The van der Waals surface area contributed by atoms with Gasteiger partial charge in [-0.2, -0.15) is 0 Å². The maximum Gasteiger partial charge on any atom is 0.234 e. The van der Waals surface area contributed by atoms with Gasteiger partial charge in [0.05, 0.1) is 0 Å². The summed E-state index contributed by atoms with van der Waals surface area (Å²) in [6.07, 6.45) is 15.9. The van der Waals surface area contributed by atoms with Gasteiger partial charge in [0.25, 0.3) is 0 Å². The number of terminal acetylenes is 3. The Morgan fingerprint density at radius 2 is 1.75 bits per heavy atom. The molecule has 0 spiro atoms. The molecule has 0 aliphatic heterocycles. The third kappa shape index (κ3) is 3.31. The molecule has 0 N–H and O–H groups in total. The molecule has 0 saturated heterocycles. The predicted molar refractivity (Wildman–Crippen MR) is 58.9 cm³/mol. The summed E-state index contributed by atoms with van der Waals surface area (Å²) in [6.45, 7) is 3.98. The van der Waals surface area contributed by atoms with Crippen molar-refractivity contribution in [2.24, 2.45) is 0 Å². The van der Waals surface area contributed by atoms with Gasteiger partial charge in [-0.25, -0.2) is 0 Å². The van der Waals surface area contributed by atoms with Crippen LogP contribution in [0.5, 0.6) is 0 Å². The van der Waals surface area contributed by atoms with Gasteiger partial charge < -0.3 is 0 Å². The first-order chi connectivity index (χ1) is 5.58. The molecular formula is C10H11Si2. The largest absolute Gasteiger partial charge is 0.234 e. The summed E-state index contributed by atoms with van der Waals surface area (Å²) in [5.41, 5.74) is 12.0. The Bertz CT molecular complexity index is 279. The Morgan fingerprint density at radius 1 is 1.25 bits per heavy atom. The Balaban J connectivity index is 4.49. The van der Waals surface area contributed by atoms with Crippen LogP contribution in [0, 0.1) is 35.9 Å². The zero-order chi connectivity index (χ0) is 9.61. The van der Waals surface area contributed by atoms with Crippen LogP contribution in [-0.2, 0) is 0 Å². The molecule has 0 aromatic carbocycles. The lowest BCUT2D eigenvalue weighted by Gasteiger charge is -2.05. The van der Waals surface area contributed by atoms with E-state index in [1.54, 1.807) is 0 Å². The van der Waals surface area contributed by atoms with Gasteiger partial charge in [-0.15, -0.1) is 35.9 Å². The van der Waals surface area contributed by atoms with Gasteiger partial charge in [0.15, 0.2) is 8.80 Å². The second-order valence-corrected chi connectivity index (χ2v) is 7.96. The zero-order valence-corrected chi connectivity index (χ0v) is 9.39. The smallest absolute Gasteiger partial charge is 0.131 e. The van der Waals surface area contributed by atoms with E-state index in [1.165, 1.54) is 0 Å². The van der Waals surface area contributed by atoms with Crippen LogP contribution in [0.3, 0.4) is 0 Å². The third-order valence-electron chi connectivity index (χ3n) is 1.49. The number of hydrogen-bond donors (Lipinski definition) is 0. The Labute approximate surface area is 77.7 Å². The molecule has 0 aliphatic carbocycles. The van der Waals surface area contributed by atoms with E-state index in [9.17, 15) is 0 Å². The van der Waals surface area contributed by atoms with Gasteiger partial charge in [-0.1, -0.05) is 17.9 Å². The van der Waals surface area contributed by atoms with E-state index >= 15 is 0 Å². The minimum Gasteiger partial charge on any atom is -0.131 e. The van der Waals surface area contributed by atoms with Crippen LogP contribution in [0.25, 0.3) is 0 Å². The lowest BCUT2D eigenvalue weighted by Crippen LogP contribution is -2.24. The Kier molecular flexibility index (Phi) is 4.23. The average Bonchev–Trinajstić information content (AvgIpc) is 2.13. The molecule has 0 aromatic heterocycles. The van der Waals surface area contributed by atoms with E-state index in [2.05, 4.69) is 16.6 Å². The first-order valence-electron chi connectivity index (χ1n) is 3.53. The maximum absolute atomic E-state index is 5.32.